The lowest BCUT2D eigenvalue weighted by atomic mass is 10.1. The Bertz CT molecular complexity index is 467. The Hall–Kier alpha value is -0.130. The van der Waals surface area contributed by atoms with E-state index < -0.39 is 10.0 Å². The van der Waals surface area contributed by atoms with E-state index >= 15 is 0 Å². The average Bonchev–Trinajstić information content (AvgIpc) is 2.87. The van der Waals surface area contributed by atoms with Gasteiger partial charge in [-0.1, -0.05) is 25.7 Å². The van der Waals surface area contributed by atoms with E-state index in [0.717, 1.165) is 19.0 Å². The predicted octanol–water partition coefficient (Wildman–Crippen LogP) is 2.23. The largest absolute Gasteiger partial charge is 0.376 e. The zero-order valence-corrected chi connectivity index (χ0v) is 19.4. The highest BCUT2D eigenvalue weighted by molar-refractivity contribution is 14.0. The summed E-state index contributed by atoms with van der Waals surface area (Å²) in [6, 6.07) is 0. The Morgan fingerprint density at radius 3 is 2.38 bits per heavy atom. The summed E-state index contributed by atoms with van der Waals surface area (Å²) in [6.07, 6.45) is 8.69. The molecule has 3 N–H and O–H groups in total. The molecule has 0 radical (unpaired) electrons. The van der Waals surface area contributed by atoms with Gasteiger partial charge in [0.1, 0.15) is 0 Å². The van der Waals surface area contributed by atoms with Crippen LogP contribution in [0.1, 0.15) is 58.8 Å². The minimum absolute atomic E-state index is 0. The lowest BCUT2D eigenvalue weighted by Gasteiger charge is -2.16. The molecule has 0 spiro atoms. The first-order valence-electron chi connectivity index (χ1n) is 9.68. The van der Waals surface area contributed by atoms with Crippen LogP contribution in [0.5, 0.6) is 0 Å². The van der Waals surface area contributed by atoms with Gasteiger partial charge >= 0.3 is 0 Å². The number of rotatable bonds is 11. The summed E-state index contributed by atoms with van der Waals surface area (Å²) in [4.78, 5) is 4.46. The molecule has 26 heavy (non-hydrogen) atoms. The molecule has 1 fully saturated rings. The second-order valence-electron chi connectivity index (χ2n) is 6.32. The van der Waals surface area contributed by atoms with Gasteiger partial charge in [-0.05, 0) is 33.1 Å². The van der Waals surface area contributed by atoms with Gasteiger partial charge in [-0.25, -0.2) is 13.1 Å². The normalized spacial score (nSPS) is 16.6. The monoisotopic (exact) mass is 504 g/mol. The summed E-state index contributed by atoms with van der Waals surface area (Å²) >= 11 is 0. The molecule has 7 nitrogen and oxygen atoms in total. The van der Waals surface area contributed by atoms with E-state index in [1.807, 2.05) is 6.92 Å². The fraction of sp³-hybridized carbons (Fsp3) is 0.941. The van der Waals surface area contributed by atoms with Crippen molar-refractivity contribution in [3.63, 3.8) is 0 Å². The van der Waals surface area contributed by atoms with Crippen LogP contribution >= 0.6 is 24.0 Å². The molecule has 0 aliphatic heterocycles. The van der Waals surface area contributed by atoms with Gasteiger partial charge in [0.15, 0.2) is 5.96 Å². The molecule has 0 aromatic heterocycles. The van der Waals surface area contributed by atoms with Gasteiger partial charge in [0.25, 0.3) is 0 Å². The number of nitrogens with one attached hydrogen (secondary N) is 3. The van der Waals surface area contributed by atoms with E-state index in [1.54, 1.807) is 6.92 Å². The third-order valence-electron chi connectivity index (χ3n) is 4.20. The molecule has 0 atom stereocenters. The van der Waals surface area contributed by atoms with Gasteiger partial charge < -0.3 is 15.4 Å². The van der Waals surface area contributed by atoms with E-state index in [4.69, 9.17) is 4.74 Å². The zero-order valence-electron chi connectivity index (χ0n) is 16.3. The van der Waals surface area contributed by atoms with Crippen LogP contribution in [0.25, 0.3) is 0 Å². The molecule has 0 aromatic rings. The van der Waals surface area contributed by atoms with Crippen molar-refractivity contribution in [2.45, 2.75) is 64.9 Å². The first kappa shape index (κ1) is 25.9. The Labute approximate surface area is 176 Å². The van der Waals surface area contributed by atoms with Crippen LogP contribution in [0, 0.1) is 0 Å². The summed E-state index contributed by atoms with van der Waals surface area (Å²) in [5.74, 6) is 0.867. The molecule has 0 saturated heterocycles. The third kappa shape index (κ3) is 13.1. The summed E-state index contributed by atoms with van der Waals surface area (Å²) in [6.45, 7) is 6.85. The van der Waals surface area contributed by atoms with Gasteiger partial charge in [0, 0.05) is 26.2 Å². The molecule has 0 bridgehead atoms. The van der Waals surface area contributed by atoms with E-state index in [0.29, 0.717) is 32.2 Å². The van der Waals surface area contributed by atoms with Crippen LogP contribution in [0.4, 0.5) is 0 Å². The second kappa shape index (κ2) is 15.9. The summed E-state index contributed by atoms with van der Waals surface area (Å²) in [5, 5.41) is 6.46. The maximum atomic E-state index is 11.3. The Morgan fingerprint density at radius 2 is 1.77 bits per heavy atom. The molecule has 0 amide bonds. The number of ether oxygens (including phenoxy) is 1. The van der Waals surface area contributed by atoms with Crippen molar-refractivity contribution in [2.24, 2.45) is 4.99 Å². The minimum atomic E-state index is -3.11. The lowest BCUT2D eigenvalue weighted by molar-refractivity contribution is 0.0468. The van der Waals surface area contributed by atoms with E-state index in [2.05, 4.69) is 20.3 Å². The van der Waals surface area contributed by atoms with Crippen molar-refractivity contribution < 1.29 is 13.2 Å². The number of aliphatic imine (C=N–C) groups is 1. The van der Waals surface area contributed by atoms with Crippen LogP contribution in [0.15, 0.2) is 4.99 Å². The van der Waals surface area contributed by atoms with Gasteiger partial charge in [-0.3, -0.25) is 4.99 Å². The third-order valence-corrected chi connectivity index (χ3v) is 5.61. The second-order valence-corrected chi connectivity index (χ2v) is 8.42. The fourth-order valence-electron chi connectivity index (χ4n) is 2.74. The number of hydrogen-bond donors (Lipinski definition) is 3. The Kier molecular flexibility index (Phi) is 15.8. The maximum absolute atomic E-state index is 11.3. The summed E-state index contributed by atoms with van der Waals surface area (Å²) < 4.78 is 31.2. The van der Waals surface area contributed by atoms with Crippen LogP contribution in [-0.4, -0.2) is 59.0 Å². The van der Waals surface area contributed by atoms with Gasteiger partial charge in [-0.2, -0.15) is 0 Å². The standard InChI is InChI=1S/C17H36N4O3S.HI/c1-3-18-17(19-12-9-13-21-25(22,23)4-2)20-14-15-24-16-10-7-5-6-8-11-16;/h16,21H,3-15H2,1-2H3,(H2,18,19,20);1H. The topological polar surface area (TPSA) is 91.8 Å². The molecule has 1 aliphatic rings. The molecule has 1 saturated carbocycles. The fourth-order valence-corrected chi connectivity index (χ4v) is 3.40. The minimum Gasteiger partial charge on any atom is -0.376 e. The molecular formula is C17H37IN4O3S. The molecule has 0 aromatic carbocycles. The number of sulfonamides is 1. The van der Waals surface area contributed by atoms with E-state index in [-0.39, 0.29) is 29.7 Å². The predicted molar refractivity (Wildman–Crippen MR) is 119 cm³/mol. The van der Waals surface area contributed by atoms with Crippen LogP contribution in [0.2, 0.25) is 0 Å². The number of halogens is 1. The van der Waals surface area contributed by atoms with Gasteiger partial charge in [0.2, 0.25) is 10.0 Å². The van der Waals surface area contributed by atoms with Crippen LogP contribution in [0.3, 0.4) is 0 Å². The average molecular weight is 504 g/mol. The first-order valence-corrected chi connectivity index (χ1v) is 11.3. The van der Waals surface area contributed by atoms with E-state index in [1.165, 1.54) is 38.5 Å². The highest BCUT2D eigenvalue weighted by atomic mass is 127. The highest BCUT2D eigenvalue weighted by Crippen LogP contribution is 2.19. The number of guanidine groups is 1. The highest BCUT2D eigenvalue weighted by Gasteiger charge is 2.12. The maximum Gasteiger partial charge on any atom is 0.211 e. The molecule has 1 aliphatic carbocycles. The molecule has 156 valence electrons. The molecular weight excluding hydrogens is 467 g/mol. The molecule has 9 heteroatoms. The number of hydrogen-bond acceptors (Lipinski definition) is 4. The van der Waals surface area contributed by atoms with Crippen molar-refractivity contribution in [1.29, 1.82) is 0 Å². The molecule has 0 unspecified atom stereocenters. The van der Waals surface area contributed by atoms with Crippen LogP contribution < -0.4 is 15.4 Å². The molecule has 0 heterocycles. The number of nitrogens with zero attached hydrogens (tertiary/aromatic N) is 1. The zero-order chi connectivity index (χ0) is 18.4. The quantitative estimate of drug-likeness (QED) is 0.132. The SMILES string of the molecule is CCNC(=NCCCNS(=O)(=O)CC)NCCOC1CCCCCC1.I. The lowest BCUT2D eigenvalue weighted by Crippen LogP contribution is -2.39. The van der Waals surface area contributed by atoms with Crippen LogP contribution in [-0.2, 0) is 14.8 Å². The molecule has 1 rings (SSSR count). The van der Waals surface area contributed by atoms with Crippen molar-refractivity contribution in [2.75, 3.05) is 38.5 Å². The van der Waals surface area contributed by atoms with Gasteiger partial charge in [-0.15, -0.1) is 24.0 Å². The Balaban J connectivity index is 0.00000625. The van der Waals surface area contributed by atoms with E-state index in [9.17, 15) is 8.42 Å². The van der Waals surface area contributed by atoms with Crippen molar-refractivity contribution in [1.82, 2.24) is 15.4 Å². The van der Waals surface area contributed by atoms with Crippen molar-refractivity contribution >= 4 is 40.0 Å². The smallest absolute Gasteiger partial charge is 0.211 e. The summed E-state index contributed by atoms with van der Waals surface area (Å²) in [5.41, 5.74) is 0. The summed E-state index contributed by atoms with van der Waals surface area (Å²) in [7, 11) is -3.11. The van der Waals surface area contributed by atoms with Crippen molar-refractivity contribution in [3.8, 4) is 0 Å². The van der Waals surface area contributed by atoms with Crippen molar-refractivity contribution in [3.05, 3.63) is 0 Å². The van der Waals surface area contributed by atoms with Gasteiger partial charge in [0.05, 0.1) is 18.5 Å². The Morgan fingerprint density at radius 1 is 1.08 bits per heavy atom. The first-order chi connectivity index (χ1) is 12.1.